The molecule has 1 aromatic heterocycles. The van der Waals surface area contributed by atoms with Gasteiger partial charge >= 0.3 is 11.9 Å². The van der Waals surface area contributed by atoms with E-state index in [-0.39, 0.29) is 62.0 Å². The van der Waals surface area contributed by atoms with Crippen molar-refractivity contribution in [2.75, 3.05) is 59.5 Å². The van der Waals surface area contributed by atoms with E-state index in [0.717, 1.165) is 58.5 Å². The molecule has 2 fully saturated rings. The molecule has 56 heavy (non-hydrogen) atoms. The van der Waals surface area contributed by atoms with Crippen LogP contribution >= 0.6 is 0 Å². The van der Waals surface area contributed by atoms with Gasteiger partial charge in [-0.3, -0.25) is 14.6 Å². The van der Waals surface area contributed by atoms with Gasteiger partial charge in [0.25, 0.3) is 0 Å². The monoisotopic (exact) mass is 977 g/mol. The second-order valence-corrected chi connectivity index (χ2v) is 17.1. The number of aryl methyl sites for hydroxylation is 1. The normalized spacial score (nSPS) is 35.3. The van der Waals surface area contributed by atoms with Crippen LogP contribution in [0.3, 0.4) is 0 Å². The minimum atomic E-state index is -2.27. The number of aliphatic hydroxyl groups excluding tert-OH is 1. The van der Waals surface area contributed by atoms with Gasteiger partial charge in [-0.15, -0.1) is 0 Å². The fourth-order valence-corrected chi connectivity index (χ4v) is 12.7. The predicted molar refractivity (Wildman–Crippen MR) is 209 cm³/mol. The zero-order chi connectivity index (χ0) is 38.8. The van der Waals surface area contributed by atoms with Gasteiger partial charge in [0.15, 0.2) is 0 Å². The number of aromatic amines is 1. The van der Waals surface area contributed by atoms with Crippen LogP contribution < -0.4 is 9.64 Å². The van der Waals surface area contributed by atoms with E-state index in [0.29, 0.717) is 50.2 Å². The average molecular weight is 978 g/mol. The minimum absolute atomic E-state index is 0. The first-order valence-corrected chi connectivity index (χ1v) is 19.9. The summed E-state index contributed by atoms with van der Waals surface area (Å²) in [5.41, 5.74) is 2.39. The van der Waals surface area contributed by atoms with Crippen molar-refractivity contribution >= 4 is 28.5 Å². The van der Waals surface area contributed by atoms with Crippen LogP contribution in [0.2, 0.25) is 0 Å². The maximum absolute atomic E-state index is 15.2. The number of rotatable bonds is 6. The van der Waals surface area contributed by atoms with Gasteiger partial charge in [0.05, 0.1) is 27.4 Å². The van der Waals surface area contributed by atoms with Crippen LogP contribution in [0, 0.1) is 62.3 Å². The number of H-pyrrole nitrogens is 1. The molecule has 5 aliphatic heterocycles. The van der Waals surface area contributed by atoms with E-state index in [1.54, 1.807) is 7.11 Å². The molecule has 0 amide bonds. The van der Waals surface area contributed by atoms with Crippen molar-refractivity contribution in [1.29, 1.82) is 0 Å². The van der Waals surface area contributed by atoms with Gasteiger partial charge in [-0.05, 0) is 74.4 Å². The standard InChI is InChI=1S/C44H54N4O7.Ac/c1-8-26-18-27-21-43(39(50)54-6,35-29(24-47(22-26)23-27)28-17-25(3)11-12-32(28)45-35)31-19-30-33(20-34(31)53-5)46(4)37-42(30)14-16-48-15-10-13-41(9-2,36(42)48)38(49)44(37,52)40(51)55-7;/h10-13,17-20,27,36-38,45,49,52H,8-9,14-16,21-24H2,1-7H3;/t27?,36-,37+,38+,41+,42+,43-,44-;/m0./s1. The number of carbonyl (C=O) groups excluding carboxylic acids is 2. The van der Waals surface area contributed by atoms with E-state index in [1.165, 1.54) is 19.8 Å². The molecule has 2 bridgehead atoms. The molecule has 6 aliphatic rings. The summed E-state index contributed by atoms with van der Waals surface area (Å²) in [5.74, 6) is -0.669. The number of likely N-dealkylation sites (N-methyl/N-ethyl adjacent to an activating group) is 1. The first-order valence-electron chi connectivity index (χ1n) is 19.9. The SMILES string of the molecule is CCC1=CC2CN(C1)Cc1c([nH]c3ccc(C)cc13)[C@@](C(=O)OC)(c1cc3c(cc1OC)N(C)[C@H]1[C@@](O)(C(=O)OC)[C@H](O)[C@]4(CC)C=CCN5CC[C@]31[C@@H]54)C2.[Ac]. The number of hydrogen-bond acceptors (Lipinski definition) is 10. The fraction of sp³-hybridized carbons (Fsp3) is 0.545. The van der Waals surface area contributed by atoms with Gasteiger partial charge in [0, 0.05) is 128 Å². The second-order valence-electron chi connectivity index (χ2n) is 17.1. The third kappa shape index (κ3) is 4.98. The van der Waals surface area contributed by atoms with Crippen LogP contribution in [0.15, 0.2) is 54.1 Å². The summed E-state index contributed by atoms with van der Waals surface area (Å²) in [7, 11) is 6.25. The summed E-state index contributed by atoms with van der Waals surface area (Å²) < 4.78 is 17.6. The summed E-state index contributed by atoms with van der Waals surface area (Å²) in [4.78, 5) is 39.8. The molecular formula is C44H54AcN4O7. The first kappa shape index (κ1) is 40.1. The Balaban J connectivity index is 0.00000441. The topological polar surface area (TPSA) is 128 Å². The molecule has 9 rings (SSSR count). The summed E-state index contributed by atoms with van der Waals surface area (Å²) in [6.07, 6.45) is 7.53. The summed E-state index contributed by atoms with van der Waals surface area (Å²) in [6.45, 7) is 10.1. The zero-order valence-corrected chi connectivity index (χ0v) is 38.4. The van der Waals surface area contributed by atoms with E-state index in [2.05, 4.69) is 65.0 Å². The van der Waals surface area contributed by atoms with Crippen LogP contribution in [-0.2, 0) is 36.4 Å². The molecule has 295 valence electrons. The van der Waals surface area contributed by atoms with Crippen LogP contribution in [0.5, 0.6) is 5.75 Å². The Morgan fingerprint density at radius 3 is 2.48 bits per heavy atom. The van der Waals surface area contributed by atoms with Crippen LogP contribution in [0.4, 0.5) is 5.69 Å². The molecule has 1 radical (unpaired) electrons. The van der Waals surface area contributed by atoms with E-state index >= 15 is 4.79 Å². The molecule has 6 heterocycles. The second kappa shape index (κ2) is 13.9. The molecule has 2 unspecified atom stereocenters. The molecule has 3 N–H and O–H groups in total. The summed E-state index contributed by atoms with van der Waals surface area (Å²) in [6, 6.07) is 9.42. The Kier molecular flexibility index (Phi) is 9.98. The molecule has 1 aliphatic carbocycles. The number of methoxy groups -OCH3 is 3. The third-order valence-electron chi connectivity index (χ3n) is 14.8. The van der Waals surface area contributed by atoms with E-state index in [9.17, 15) is 15.0 Å². The maximum Gasteiger partial charge on any atom is 0.342 e. The van der Waals surface area contributed by atoms with Crippen molar-refractivity contribution in [1.82, 2.24) is 14.8 Å². The fourth-order valence-electron chi connectivity index (χ4n) is 12.7. The van der Waals surface area contributed by atoms with Crippen LogP contribution in [0.25, 0.3) is 10.9 Å². The van der Waals surface area contributed by atoms with Crippen molar-refractivity contribution in [3.63, 3.8) is 0 Å². The first-order chi connectivity index (χ1) is 26.4. The zero-order valence-electron chi connectivity index (χ0n) is 33.6. The van der Waals surface area contributed by atoms with E-state index in [4.69, 9.17) is 14.2 Å². The third-order valence-corrected chi connectivity index (χ3v) is 14.8. The minimum Gasteiger partial charge on any atom is -0.496 e. The maximum atomic E-state index is 15.2. The number of aliphatic hydroxyl groups is 2. The van der Waals surface area contributed by atoms with Gasteiger partial charge < -0.3 is 34.3 Å². The summed E-state index contributed by atoms with van der Waals surface area (Å²) >= 11 is 0. The number of aromatic nitrogens is 1. The van der Waals surface area contributed by atoms with Crippen LogP contribution in [-0.4, -0.2) is 115 Å². The number of nitrogens with one attached hydrogen (secondary N) is 1. The van der Waals surface area contributed by atoms with Gasteiger partial charge in [-0.1, -0.05) is 49.3 Å². The van der Waals surface area contributed by atoms with Crippen molar-refractivity contribution < 1.29 is 78.1 Å². The number of ether oxygens (including phenoxy) is 3. The Labute approximate surface area is 365 Å². The Morgan fingerprint density at radius 2 is 1.79 bits per heavy atom. The van der Waals surface area contributed by atoms with Gasteiger partial charge in [0.1, 0.15) is 17.3 Å². The molecule has 1 saturated heterocycles. The number of anilines is 1. The van der Waals surface area contributed by atoms with Crippen molar-refractivity contribution in [3.8, 4) is 5.75 Å². The number of benzene rings is 2. The molecule has 1 spiro atoms. The molecule has 3 aromatic rings. The molecule has 2 aromatic carbocycles. The number of fused-ring (bicyclic) bond motifs is 6. The van der Waals surface area contributed by atoms with Crippen molar-refractivity contribution in [3.05, 3.63) is 82.1 Å². The van der Waals surface area contributed by atoms with E-state index < -0.39 is 40.0 Å². The van der Waals surface area contributed by atoms with Crippen molar-refractivity contribution in [2.24, 2.45) is 11.3 Å². The quantitative estimate of drug-likeness (QED) is 0.241. The van der Waals surface area contributed by atoms with Gasteiger partial charge in [-0.25, -0.2) is 4.79 Å². The number of hydrogen-bond donors (Lipinski definition) is 3. The number of esters is 2. The molecule has 1 saturated carbocycles. The predicted octanol–water partition coefficient (Wildman–Crippen LogP) is 4.49. The molecule has 11 nitrogen and oxygen atoms in total. The Hall–Kier alpha value is -2.72. The molecule has 12 heteroatoms. The average Bonchev–Trinajstić information content (AvgIpc) is 3.84. The smallest absolute Gasteiger partial charge is 0.342 e. The number of carbonyl (C=O) groups is 2. The molecule has 9 atom stereocenters. The molecular weight excluding hydrogens is 924 g/mol. The number of nitrogens with zero attached hydrogens (tertiary/aromatic N) is 3. The van der Waals surface area contributed by atoms with E-state index in [1.807, 2.05) is 31.0 Å². The largest absolute Gasteiger partial charge is 0.496 e. The van der Waals surface area contributed by atoms with Gasteiger partial charge in [-0.2, -0.15) is 0 Å². The summed E-state index contributed by atoms with van der Waals surface area (Å²) in [5, 5.41) is 26.4. The van der Waals surface area contributed by atoms with Crippen LogP contribution in [0.1, 0.15) is 67.5 Å². The van der Waals surface area contributed by atoms with Crippen molar-refractivity contribution in [2.45, 2.75) is 87.6 Å². The Bertz CT molecular complexity index is 2180. The Morgan fingerprint density at radius 1 is 1.02 bits per heavy atom. The van der Waals surface area contributed by atoms with Gasteiger partial charge in [0.2, 0.25) is 5.60 Å².